The van der Waals surface area contributed by atoms with E-state index < -0.39 is 0 Å². The number of ether oxygens (including phenoxy) is 1. The van der Waals surface area contributed by atoms with E-state index in [9.17, 15) is 4.79 Å². The van der Waals surface area contributed by atoms with Gasteiger partial charge >= 0.3 is 5.97 Å². The number of thiazole rings is 1. The van der Waals surface area contributed by atoms with Crippen molar-refractivity contribution in [1.82, 2.24) is 15.6 Å². The first-order valence-electron chi connectivity index (χ1n) is 7.80. The summed E-state index contributed by atoms with van der Waals surface area (Å²) in [6.07, 6.45) is 0. The van der Waals surface area contributed by atoms with Crippen molar-refractivity contribution >= 4 is 50.5 Å². The molecule has 0 fully saturated rings. The van der Waals surface area contributed by atoms with E-state index >= 15 is 0 Å². The van der Waals surface area contributed by atoms with Crippen LogP contribution in [0.2, 0.25) is 0 Å². The van der Waals surface area contributed by atoms with Crippen LogP contribution in [0.15, 0.2) is 20.9 Å². The summed E-state index contributed by atoms with van der Waals surface area (Å²) in [6.45, 7) is 6.64. The molecule has 0 amide bonds. The fourth-order valence-electron chi connectivity index (χ4n) is 2.07. The molecule has 0 aliphatic heterocycles. The van der Waals surface area contributed by atoms with Crippen LogP contribution in [0.1, 0.15) is 45.1 Å². The van der Waals surface area contributed by atoms with Gasteiger partial charge in [-0.2, -0.15) is 0 Å². The Kier molecular flexibility index (Phi) is 7.39. The molecule has 0 aromatic carbocycles. The maximum Gasteiger partial charge on any atom is 0.350 e. The number of rotatable bonds is 6. The highest BCUT2D eigenvalue weighted by Gasteiger charge is 2.20. The molecule has 2 heterocycles. The molecule has 0 spiro atoms. The van der Waals surface area contributed by atoms with Crippen molar-refractivity contribution in [3.05, 3.63) is 36.4 Å². The van der Waals surface area contributed by atoms with Crippen LogP contribution in [0.5, 0.6) is 0 Å². The maximum absolute atomic E-state index is 11.9. The first-order valence-corrected chi connectivity index (χ1v) is 10.2. The van der Waals surface area contributed by atoms with Crippen molar-refractivity contribution in [3.63, 3.8) is 0 Å². The molecule has 1 atom stereocenters. The van der Waals surface area contributed by atoms with E-state index in [1.165, 1.54) is 16.2 Å². The Labute approximate surface area is 163 Å². The number of nitrogens with one attached hydrogen (secondary N) is 2. The molecule has 25 heavy (non-hydrogen) atoms. The van der Waals surface area contributed by atoms with Crippen molar-refractivity contribution in [2.75, 3.05) is 13.7 Å². The van der Waals surface area contributed by atoms with Gasteiger partial charge in [-0.25, -0.2) is 9.78 Å². The Hall–Kier alpha value is -1.45. The largest absolute Gasteiger partial charge is 0.462 e. The number of aryl methyl sites for hydroxylation is 1. The summed E-state index contributed by atoms with van der Waals surface area (Å²) in [4.78, 5) is 22.4. The van der Waals surface area contributed by atoms with E-state index in [0.29, 0.717) is 29.7 Å². The number of carbonyl (C=O) groups excluding carboxylic acids is 1. The summed E-state index contributed by atoms with van der Waals surface area (Å²) < 4.78 is 6.17. The third kappa shape index (κ3) is 5.52. The van der Waals surface area contributed by atoms with E-state index in [-0.39, 0.29) is 12.0 Å². The molecule has 0 radical (unpaired) electrons. The van der Waals surface area contributed by atoms with Gasteiger partial charge in [-0.05, 0) is 48.8 Å². The topological polar surface area (TPSA) is 75.6 Å². The monoisotopic (exact) mass is 444 g/mol. The summed E-state index contributed by atoms with van der Waals surface area (Å²) in [5, 5.41) is 7.40. The van der Waals surface area contributed by atoms with E-state index in [2.05, 4.69) is 42.6 Å². The predicted molar refractivity (Wildman–Crippen MR) is 107 cm³/mol. The van der Waals surface area contributed by atoms with Gasteiger partial charge in [0.1, 0.15) is 9.88 Å². The molecular weight excluding hydrogens is 424 g/mol. The highest BCUT2D eigenvalue weighted by atomic mass is 79.9. The predicted octanol–water partition coefficient (Wildman–Crippen LogP) is 3.88. The summed E-state index contributed by atoms with van der Waals surface area (Å²) in [6, 6.07) is 4.01. The van der Waals surface area contributed by atoms with Crippen LogP contribution in [0.25, 0.3) is 0 Å². The number of thiophene rings is 1. The fraction of sp³-hybridized carbons (Fsp3) is 0.438. The second kappa shape index (κ2) is 9.30. The lowest BCUT2D eigenvalue weighted by molar-refractivity contribution is 0.0531. The molecule has 0 saturated heterocycles. The van der Waals surface area contributed by atoms with Gasteiger partial charge < -0.3 is 15.4 Å². The summed E-state index contributed by atoms with van der Waals surface area (Å²) in [7, 11) is 1.73. The van der Waals surface area contributed by atoms with Crippen LogP contribution in [0.3, 0.4) is 0 Å². The summed E-state index contributed by atoms with van der Waals surface area (Å²) in [5.41, 5.74) is 0.693. The van der Waals surface area contributed by atoms with Gasteiger partial charge in [0, 0.05) is 11.9 Å². The molecule has 2 aromatic rings. The number of carbonyl (C=O) groups is 1. The molecule has 0 bridgehead atoms. The number of hydrogen-bond donors (Lipinski definition) is 2. The smallest absolute Gasteiger partial charge is 0.350 e. The molecule has 2 aromatic heterocycles. The second-order valence-electron chi connectivity index (χ2n) is 5.18. The minimum atomic E-state index is -0.318. The van der Waals surface area contributed by atoms with Crippen LogP contribution in [-0.2, 0) is 11.3 Å². The molecule has 1 unspecified atom stereocenters. The quantitative estimate of drug-likeness (QED) is 0.401. The average Bonchev–Trinajstić information content (AvgIpc) is 3.17. The Bertz CT molecular complexity index is 757. The summed E-state index contributed by atoms with van der Waals surface area (Å²) in [5.74, 6) is 0.365. The van der Waals surface area contributed by atoms with Gasteiger partial charge in [0.15, 0.2) is 5.96 Å². The molecule has 136 valence electrons. The zero-order chi connectivity index (χ0) is 18.4. The van der Waals surface area contributed by atoms with Crippen LogP contribution < -0.4 is 10.6 Å². The van der Waals surface area contributed by atoms with E-state index in [1.54, 1.807) is 25.3 Å². The number of aliphatic imine (C=N–C) groups is 1. The van der Waals surface area contributed by atoms with Gasteiger partial charge in [-0.1, -0.05) is 0 Å². The van der Waals surface area contributed by atoms with Gasteiger partial charge in [0.05, 0.1) is 28.7 Å². The first kappa shape index (κ1) is 19.9. The van der Waals surface area contributed by atoms with Crippen LogP contribution in [0, 0.1) is 6.92 Å². The zero-order valence-electron chi connectivity index (χ0n) is 14.6. The number of aromatic nitrogens is 1. The first-order chi connectivity index (χ1) is 11.9. The fourth-order valence-corrected chi connectivity index (χ4v) is 4.45. The van der Waals surface area contributed by atoms with Crippen molar-refractivity contribution in [2.24, 2.45) is 4.99 Å². The van der Waals surface area contributed by atoms with Crippen molar-refractivity contribution in [1.29, 1.82) is 0 Å². The molecule has 2 N–H and O–H groups in total. The average molecular weight is 445 g/mol. The lowest BCUT2D eigenvalue weighted by atomic mass is 10.3. The van der Waals surface area contributed by atoms with Crippen molar-refractivity contribution < 1.29 is 9.53 Å². The van der Waals surface area contributed by atoms with Crippen LogP contribution in [-0.4, -0.2) is 30.6 Å². The molecule has 0 saturated carbocycles. The summed E-state index contributed by atoms with van der Waals surface area (Å²) >= 11 is 6.49. The highest BCUT2D eigenvalue weighted by molar-refractivity contribution is 9.11. The Morgan fingerprint density at radius 2 is 2.20 bits per heavy atom. The molecule has 0 aliphatic rings. The normalized spacial score (nSPS) is 12.8. The van der Waals surface area contributed by atoms with E-state index in [1.807, 2.05) is 19.9 Å². The lowest BCUT2D eigenvalue weighted by Gasteiger charge is -2.15. The molecule has 2 rings (SSSR count). The Morgan fingerprint density at radius 3 is 2.80 bits per heavy atom. The number of nitrogens with zero attached hydrogens (tertiary/aromatic N) is 2. The molecule has 0 aliphatic carbocycles. The van der Waals surface area contributed by atoms with Crippen molar-refractivity contribution in [3.8, 4) is 0 Å². The minimum Gasteiger partial charge on any atom is -0.462 e. The lowest BCUT2D eigenvalue weighted by Crippen LogP contribution is -2.38. The van der Waals surface area contributed by atoms with Crippen LogP contribution >= 0.6 is 38.6 Å². The zero-order valence-corrected chi connectivity index (χ0v) is 17.8. The van der Waals surface area contributed by atoms with Gasteiger partial charge in [-0.15, -0.1) is 22.7 Å². The second-order valence-corrected chi connectivity index (χ2v) is 8.76. The number of halogens is 1. The van der Waals surface area contributed by atoms with Gasteiger partial charge in [0.2, 0.25) is 0 Å². The van der Waals surface area contributed by atoms with Crippen molar-refractivity contribution in [2.45, 2.75) is 33.4 Å². The standard InChI is InChI=1S/C16H21BrN4O2S2/c1-5-23-15(22)13-9(2)20-14(25-13)10(3)21-16(18-4)19-8-11-6-7-12(17)24-11/h6-7,10H,5,8H2,1-4H3,(H2,18,19,21). The van der Waals surface area contributed by atoms with Gasteiger partial charge in [0.25, 0.3) is 0 Å². The highest BCUT2D eigenvalue weighted by Crippen LogP contribution is 2.24. The Morgan fingerprint density at radius 1 is 1.44 bits per heavy atom. The Balaban J connectivity index is 1.98. The molecular formula is C16H21BrN4O2S2. The molecule has 9 heteroatoms. The number of hydrogen-bond acceptors (Lipinski definition) is 6. The van der Waals surface area contributed by atoms with E-state index in [4.69, 9.17) is 4.74 Å². The van der Waals surface area contributed by atoms with E-state index in [0.717, 1.165) is 8.79 Å². The third-order valence-electron chi connectivity index (χ3n) is 3.28. The SMILES string of the molecule is CCOC(=O)c1sc(C(C)NC(=NC)NCc2ccc(Br)s2)nc1C. The maximum atomic E-state index is 11.9. The third-order valence-corrected chi connectivity index (χ3v) is 6.22. The van der Waals surface area contributed by atoms with Crippen LogP contribution in [0.4, 0.5) is 0 Å². The van der Waals surface area contributed by atoms with Gasteiger partial charge in [-0.3, -0.25) is 4.99 Å². The number of guanidine groups is 1. The molecule has 6 nitrogen and oxygen atoms in total. The minimum absolute atomic E-state index is 0.0758. The number of esters is 1.